The van der Waals surface area contributed by atoms with Crippen LogP contribution in [0.2, 0.25) is 5.15 Å². The van der Waals surface area contributed by atoms with Crippen LogP contribution in [0, 0.1) is 6.92 Å². The molecule has 2 heterocycles. The molecule has 6 heteroatoms. The van der Waals surface area contributed by atoms with E-state index in [9.17, 15) is 0 Å². The van der Waals surface area contributed by atoms with E-state index in [4.69, 9.17) is 11.6 Å². The van der Waals surface area contributed by atoms with Crippen molar-refractivity contribution < 1.29 is 0 Å². The number of rotatable bonds is 3. The molecule has 0 aliphatic heterocycles. The smallest absolute Gasteiger partial charge is 0.125 e. The Morgan fingerprint density at radius 1 is 0.774 bits per heavy atom. The molecule has 0 saturated carbocycles. The summed E-state index contributed by atoms with van der Waals surface area (Å²) in [5, 5.41) is 6.94. The quantitative estimate of drug-likeness (QED) is 0.270. The molecule has 31 heavy (non-hydrogen) atoms. The Labute approximate surface area is 199 Å². The minimum atomic E-state index is -1.53. The molecule has 0 aliphatic rings. The van der Waals surface area contributed by atoms with E-state index in [0.29, 0.717) is 0 Å². The zero-order chi connectivity index (χ0) is 21.0. The molecule has 0 atom stereocenters. The standard InChI is InChI=1S/C19H18P.C6H5ClN2S.ClH/c1-20(17-11-5-2-6-12-17,18-13-7-3-8-14-18)19-15-9-4-10-16-19;1-4-8-2-6-9(4)5(7)3-10-6;/h2-16H,1H3;2-3H,1H3;1H/q+1;;. The average Bonchev–Trinajstić information content (AvgIpc) is 3.38. The van der Waals surface area contributed by atoms with Crippen molar-refractivity contribution in [1.29, 1.82) is 0 Å². The van der Waals surface area contributed by atoms with Crippen molar-refractivity contribution in [1.82, 2.24) is 9.38 Å². The van der Waals surface area contributed by atoms with Gasteiger partial charge in [-0.3, -0.25) is 4.40 Å². The fourth-order valence-corrected chi connectivity index (χ4v) is 7.92. The lowest BCUT2D eigenvalue weighted by Crippen LogP contribution is -2.30. The fourth-order valence-electron chi connectivity index (χ4n) is 3.55. The number of fused-ring (bicyclic) bond motifs is 1. The molecule has 0 fully saturated rings. The van der Waals surface area contributed by atoms with Gasteiger partial charge in [0.05, 0.1) is 12.9 Å². The van der Waals surface area contributed by atoms with Crippen molar-refractivity contribution in [2.75, 3.05) is 6.66 Å². The molecule has 2 aromatic heterocycles. The Hall–Kier alpha value is -2.16. The van der Waals surface area contributed by atoms with Gasteiger partial charge in [0.2, 0.25) is 0 Å². The van der Waals surface area contributed by atoms with Gasteiger partial charge in [-0.1, -0.05) is 66.2 Å². The highest BCUT2D eigenvalue weighted by molar-refractivity contribution is 7.95. The second kappa shape index (κ2) is 10.4. The molecule has 0 radical (unpaired) electrons. The van der Waals surface area contributed by atoms with Crippen LogP contribution < -0.4 is 15.9 Å². The van der Waals surface area contributed by atoms with Crippen LogP contribution in [0.1, 0.15) is 5.82 Å². The van der Waals surface area contributed by atoms with Crippen molar-refractivity contribution in [3.63, 3.8) is 0 Å². The summed E-state index contributed by atoms with van der Waals surface area (Å²) in [7, 11) is -1.53. The van der Waals surface area contributed by atoms with E-state index in [1.54, 1.807) is 11.3 Å². The summed E-state index contributed by atoms with van der Waals surface area (Å²) in [5.74, 6) is 0.946. The van der Waals surface area contributed by atoms with Gasteiger partial charge in [-0.05, 0) is 43.3 Å². The Bertz CT molecular complexity index is 1090. The molecule has 0 unspecified atom stereocenters. The van der Waals surface area contributed by atoms with Gasteiger partial charge in [0, 0.05) is 5.38 Å². The second-order valence-electron chi connectivity index (χ2n) is 7.05. The highest BCUT2D eigenvalue weighted by Crippen LogP contribution is 2.51. The Kier molecular flexibility index (Phi) is 7.91. The highest BCUT2D eigenvalue weighted by Gasteiger charge is 2.39. The van der Waals surface area contributed by atoms with E-state index >= 15 is 0 Å². The molecule has 2 nitrogen and oxygen atoms in total. The van der Waals surface area contributed by atoms with Crippen molar-refractivity contribution >= 4 is 63.4 Å². The first-order chi connectivity index (χ1) is 14.6. The summed E-state index contributed by atoms with van der Waals surface area (Å²) in [6.45, 7) is 4.35. The van der Waals surface area contributed by atoms with Gasteiger partial charge in [-0.15, -0.1) is 23.7 Å². The topological polar surface area (TPSA) is 17.3 Å². The van der Waals surface area contributed by atoms with E-state index in [-0.39, 0.29) is 12.4 Å². The van der Waals surface area contributed by atoms with Crippen molar-refractivity contribution in [3.8, 4) is 0 Å². The zero-order valence-electron chi connectivity index (χ0n) is 17.4. The van der Waals surface area contributed by atoms with Crippen molar-refractivity contribution in [3.05, 3.63) is 114 Å². The summed E-state index contributed by atoms with van der Waals surface area (Å²) in [4.78, 5) is 5.21. The first-order valence-electron chi connectivity index (χ1n) is 9.71. The second-order valence-corrected chi connectivity index (χ2v) is 11.9. The Balaban J connectivity index is 0.000000208. The summed E-state index contributed by atoms with van der Waals surface area (Å²) in [6, 6.07) is 32.6. The number of imidazole rings is 1. The maximum atomic E-state index is 5.85. The van der Waals surface area contributed by atoms with E-state index in [2.05, 4.69) is 103 Å². The number of nitrogens with zero attached hydrogens (tertiary/aromatic N) is 2. The summed E-state index contributed by atoms with van der Waals surface area (Å²) >= 11 is 7.46. The molecule has 0 bridgehead atoms. The molecular weight excluding hydrogens is 462 g/mol. The fraction of sp³-hybridized carbons (Fsp3) is 0.0800. The van der Waals surface area contributed by atoms with Crippen LogP contribution in [0.15, 0.2) is 103 Å². The number of aryl methyl sites for hydroxylation is 1. The maximum absolute atomic E-state index is 5.85. The van der Waals surface area contributed by atoms with E-state index in [1.165, 1.54) is 15.9 Å². The van der Waals surface area contributed by atoms with Gasteiger partial charge in [0.15, 0.2) is 0 Å². The predicted octanol–water partition coefficient (Wildman–Crippen LogP) is 6.39. The van der Waals surface area contributed by atoms with Crippen molar-refractivity contribution in [2.45, 2.75) is 6.92 Å². The van der Waals surface area contributed by atoms with Gasteiger partial charge in [0.1, 0.15) is 39.0 Å². The average molecular weight is 486 g/mol. The Morgan fingerprint density at radius 3 is 1.58 bits per heavy atom. The lowest BCUT2D eigenvalue weighted by Gasteiger charge is -2.22. The number of hydrogen-bond acceptors (Lipinski definition) is 2. The summed E-state index contributed by atoms with van der Waals surface area (Å²) in [6.07, 6.45) is 1.83. The number of thiazole rings is 1. The monoisotopic (exact) mass is 485 g/mol. The molecule has 0 spiro atoms. The maximum Gasteiger partial charge on any atom is 0.125 e. The minimum absolute atomic E-state index is 0. The normalized spacial score (nSPS) is 10.8. The SMILES string of the molecule is C[P+](c1ccccc1)(c1ccccc1)c1ccccc1.Cc1ncc2scc(Cl)n12.Cl. The number of benzene rings is 3. The van der Waals surface area contributed by atoms with Gasteiger partial charge in [-0.25, -0.2) is 4.98 Å². The van der Waals surface area contributed by atoms with Crippen LogP contribution >= 0.6 is 42.6 Å². The van der Waals surface area contributed by atoms with E-state index in [0.717, 1.165) is 15.8 Å². The number of halogens is 2. The molecule has 0 saturated heterocycles. The van der Waals surface area contributed by atoms with Gasteiger partial charge in [-0.2, -0.15) is 0 Å². The third kappa shape index (κ3) is 4.86. The van der Waals surface area contributed by atoms with E-state index in [1.807, 2.05) is 22.9 Å². The summed E-state index contributed by atoms with van der Waals surface area (Å²) in [5.41, 5.74) is 0. The molecule has 5 rings (SSSR count). The molecule has 0 amide bonds. The van der Waals surface area contributed by atoms with Crippen LogP contribution in [0.5, 0.6) is 0 Å². The lowest BCUT2D eigenvalue weighted by molar-refractivity contribution is 1.06. The van der Waals surface area contributed by atoms with Gasteiger partial charge in [0.25, 0.3) is 0 Å². The molecule has 0 N–H and O–H groups in total. The van der Waals surface area contributed by atoms with Crippen LogP contribution in [0.3, 0.4) is 0 Å². The Morgan fingerprint density at radius 2 is 1.19 bits per heavy atom. The molecule has 3 aromatic carbocycles. The van der Waals surface area contributed by atoms with E-state index < -0.39 is 7.26 Å². The predicted molar refractivity (Wildman–Crippen MR) is 141 cm³/mol. The highest BCUT2D eigenvalue weighted by atomic mass is 35.5. The number of aromatic nitrogens is 2. The first kappa shape index (κ1) is 23.5. The largest absolute Gasteiger partial charge is 0.277 e. The molecule has 158 valence electrons. The van der Waals surface area contributed by atoms with Crippen LogP contribution in [-0.2, 0) is 0 Å². The molecule has 5 aromatic rings. The third-order valence-corrected chi connectivity index (χ3v) is 10.5. The number of hydrogen-bond donors (Lipinski definition) is 0. The minimum Gasteiger partial charge on any atom is -0.277 e. The van der Waals surface area contributed by atoms with Crippen LogP contribution in [0.25, 0.3) is 4.83 Å². The first-order valence-corrected chi connectivity index (χ1v) is 13.2. The van der Waals surface area contributed by atoms with Crippen LogP contribution in [-0.4, -0.2) is 16.0 Å². The summed E-state index contributed by atoms with van der Waals surface area (Å²) < 4.78 is 1.92. The zero-order valence-corrected chi connectivity index (χ0v) is 20.6. The molecule has 0 aliphatic carbocycles. The van der Waals surface area contributed by atoms with Gasteiger partial charge < -0.3 is 0 Å². The van der Waals surface area contributed by atoms with Crippen LogP contribution in [0.4, 0.5) is 0 Å². The third-order valence-electron chi connectivity index (χ3n) is 5.21. The van der Waals surface area contributed by atoms with Crippen molar-refractivity contribution in [2.24, 2.45) is 0 Å². The van der Waals surface area contributed by atoms with Gasteiger partial charge >= 0.3 is 0 Å². The molecular formula is C25H24Cl2N2PS+. The lowest BCUT2D eigenvalue weighted by atomic mass is 10.4.